The third-order valence-corrected chi connectivity index (χ3v) is 3.61. The lowest BCUT2D eigenvalue weighted by molar-refractivity contribution is -0.0176. The maximum Gasteiger partial charge on any atom is 0.222 e. The summed E-state index contributed by atoms with van der Waals surface area (Å²) in [4.78, 5) is 10.7. The predicted octanol–water partition coefficient (Wildman–Crippen LogP) is 2.33. The highest BCUT2D eigenvalue weighted by atomic mass is 16.5. The van der Waals surface area contributed by atoms with E-state index in [-0.39, 0.29) is 12.2 Å². The van der Waals surface area contributed by atoms with E-state index in [1.165, 1.54) is 5.56 Å². The summed E-state index contributed by atoms with van der Waals surface area (Å²) in [6.07, 6.45) is 0.187. The van der Waals surface area contributed by atoms with Crippen molar-refractivity contribution >= 4 is 11.8 Å². The van der Waals surface area contributed by atoms with Gasteiger partial charge in [-0.2, -0.15) is 4.98 Å². The summed E-state index contributed by atoms with van der Waals surface area (Å²) in [7, 11) is 0. The molecular weight excluding hydrogens is 264 g/mol. The Morgan fingerprint density at radius 2 is 1.95 bits per heavy atom. The van der Waals surface area contributed by atoms with Crippen molar-refractivity contribution < 1.29 is 4.74 Å². The fourth-order valence-electron chi connectivity index (χ4n) is 2.73. The van der Waals surface area contributed by atoms with Gasteiger partial charge in [0.1, 0.15) is 11.9 Å². The molecule has 21 heavy (non-hydrogen) atoms. The minimum Gasteiger partial charge on any atom is -0.368 e. The Morgan fingerprint density at radius 1 is 1.19 bits per heavy atom. The van der Waals surface area contributed by atoms with E-state index in [0.717, 1.165) is 24.6 Å². The van der Waals surface area contributed by atoms with Crippen molar-refractivity contribution in [2.45, 2.75) is 26.1 Å². The van der Waals surface area contributed by atoms with E-state index < -0.39 is 0 Å². The van der Waals surface area contributed by atoms with Crippen LogP contribution in [-0.4, -0.2) is 29.2 Å². The zero-order valence-corrected chi connectivity index (χ0v) is 12.4. The summed E-state index contributed by atoms with van der Waals surface area (Å²) < 4.78 is 6.07. The van der Waals surface area contributed by atoms with Crippen molar-refractivity contribution in [2.75, 3.05) is 23.7 Å². The van der Waals surface area contributed by atoms with Gasteiger partial charge in [-0.15, -0.1) is 0 Å². The molecule has 2 atom stereocenters. The van der Waals surface area contributed by atoms with Crippen molar-refractivity contribution in [3.05, 3.63) is 47.7 Å². The number of aromatic nitrogens is 2. The lowest BCUT2D eigenvalue weighted by Crippen LogP contribution is -2.43. The molecule has 0 saturated carbocycles. The minimum atomic E-state index is 0.0476. The van der Waals surface area contributed by atoms with Gasteiger partial charge in [0.25, 0.3) is 0 Å². The number of hydrogen-bond donors (Lipinski definition) is 1. The molecule has 3 rings (SSSR count). The molecule has 0 radical (unpaired) electrons. The van der Waals surface area contributed by atoms with Crippen molar-refractivity contribution in [3.63, 3.8) is 0 Å². The second kappa shape index (κ2) is 5.69. The summed E-state index contributed by atoms with van der Waals surface area (Å²) in [6.45, 7) is 5.59. The van der Waals surface area contributed by atoms with Crippen LogP contribution in [0.15, 0.2) is 36.4 Å². The Kier molecular flexibility index (Phi) is 3.75. The van der Waals surface area contributed by atoms with Crippen molar-refractivity contribution in [1.29, 1.82) is 0 Å². The number of morpholine rings is 1. The lowest BCUT2D eigenvalue weighted by atomic mass is 10.1. The average molecular weight is 284 g/mol. The number of nitrogens with two attached hydrogens (primary N) is 1. The molecule has 5 nitrogen and oxygen atoms in total. The van der Waals surface area contributed by atoms with E-state index in [2.05, 4.69) is 33.9 Å². The number of nitrogens with zero attached hydrogens (tertiary/aromatic N) is 3. The highest BCUT2D eigenvalue weighted by molar-refractivity contribution is 5.44. The van der Waals surface area contributed by atoms with Crippen LogP contribution in [-0.2, 0) is 4.74 Å². The third kappa shape index (κ3) is 3.13. The van der Waals surface area contributed by atoms with Gasteiger partial charge < -0.3 is 15.4 Å². The van der Waals surface area contributed by atoms with Gasteiger partial charge in [0.05, 0.1) is 6.10 Å². The van der Waals surface area contributed by atoms with Crippen LogP contribution in [0.25, 0.3) is 0 Å². The molecule has 1 fully saturated rings. The predicted molar refractivity (Wildman–Crippen MR) is 83.1 cm³/mol. The van der Waals surface area contributed by atoms with Crippen LogP contribution in [0.3, 0.4) is 0 Å². The molecule has 5 heteroatoms. The second-order valence-electron chi connectivity index (χ2n) is 5.48. The van der Waals surface area contributed by atoms with Crippen LogP contribution in [0.4, 0.5) is 11.8 Å². The number of aryl methyl sites for hydroxylation is 1. The third-order valence-electron chi connectivity index (χ3n) is 3.61. The SMILES string of the molecule is Cc1cc(N2C[C@@H](c3ccccc3)O[C@@H](C)C2)nc(N)n1. The average Bonchev–Trinajstić information content (AvgIpc) is 2.46. The van der Waals surface area contributed by atoms with Gasteiger partial charge in [0.2, 0.25) is 5.95 Å². The molecule has 1 aromatic carbocycles. The summed E-state index contributed by atoms with van der Waals surface area (Å²) in [5.41, 5.74) is 7.84. The van der Waals surface area contributed by atoms with Crippen molar-refractivity contribution in [2.24, 2.45) is 0 Å². The van der Waals surface area contributed by atoms with Gasteiger partial charge in [-0.05, 0) is 19.4 Å². The molecule has 2 N–H and O–H groups in total. The summed E-state index contributed by atoms with van der Waals surface area (Å²) in [6, 6.07) is 12.3. The first kappa shape index (κ1) is 13.8. The van der Waals surface area contributed by atoms with E-state index in [4.69, 9.17) is 10.5 Å². The summed E-state index contributed by atoms with van der Waals surface area (Å²) >= 11 is 0. The van der Waals surface area contributed by atoms with E-state index in [9.17, 15) is 0 Å². The largest absolute Gasteiger partial charge is 0.368 e. The van der Waals surface area contributed by atoms with E-state index in [1.807, 2.05) is 31.2 Å². The standard InChI is InChI=1S/C16H20N4O/c1-11-8-15(19-16(17)18-11)20-9-12(2)21-14(10-20)13-6-4-3-5-7-13/h3-8,12,14H,9-10H2,1-2H3,(H2,17,18,19)/t12-,14-/m0/s1. The molecule has 1 saturated heterocycles. The maximum atomic E-state index is 6.07. The topological polar surface area (TPSA) is 64.3 Å². The number of hydrogen-bond acceptors (Lipinski definition) is 5. The lowest BCUT2D eigenvalue weighted by Gasteiger charge is -2.37. The number of anilines is 2. The maximum absolute atomic E-state index is 6.07. The quantitative estimate of drug-likeness (QED) is 0.917. The van der Waals surface area contributed by atoms with Crippen molar-refractivity contribution in [3.8, 4) is 0 Å². The van der Waals surface area contributed by atoms with Gasteiger partial charge in [-0.25, -0.2) is 4.98 Å². The molecule has 1 aliphatic rings. The van der Waals surface area contributed by atoms with E-state index in [0.29, 0.717) is 5.95 Å². The van der Waals surface area contributed by atoms with Crippen molar-refractivity contribution in [1.82, 2.24) is 9.97 Å². The van der Waals surface area contributed by atoms with E-state index >= 15 is 0 Å². The Bertz CT molecular complexity index is 597. The first-order valence-electron chi connectivity index (χ1n) is 7.18. The van der Waals surface area contributed by atoms with Crippen LogP contribution in [0, 0.1) is 6.92 Å². The van der Waals surface area contributed by atoms with Crippen LogP contribution in [0.2, 0.25) is 0 Å². The van der Waals surface area contributed by atoms with Crippen LogP contribution in [0.1, 0.15) is 24.3 Å². The molecule has 110 valence electrons. The molecule has 0 amide bonds. The Balaban J connectivity index is 1.86. The summed E-state index contributed by atoms with van der Waals surface area (Å²) in [5, 5.41) is 0. The van der Waals surface area contributed by atoms with Crippen LogP contribution in [0.5, 0.6) is 0 Å². The molecule has 1 aliphatic heterocycles. The minimum absolute atomic E-state index is 0.0476. The van der Waals surface area contributed by atoms with E-state index in [1.54, 1.807) is 0 Å². The highest BCUT2D eigenvalue weighted by Crippen LogP contribution is 2.28. The fraction of sp³-hybridized carbons (Fsp3) is 0.375. The number of ether oxygens (including phenoxy) is 1. The van der Waals surface area contributed by atoms with Gasteiger partial charge in [0, 0.05) is 24.8 Å². The number of nitrogen functional groups attached to an aromatic ring is 1. The van der Waals surface area contributed by atoms with Gasteiger partial charge in [-0.1, -0.05) is 30.3 Å². The fourth-order valence-corrected chi connectivity index (χ4v) is 2.73. The van der Waals surface area contributed by atoms with Gasteiger partial charge in [0.15, 0.2) is 0 Å². The zero-order chi connectivity index (χ0) is 14.8. The smallest absolute Gasteiger partial charge is 0.222 e. The molecule has 0 unspecified atom stereocenters. The van der Waals surface area contributed by atoms with Crippen LogP contribution < -0.4 is 10.6 Å². The zero-order valence-electron chi connectivity index (χ0n) is 12.4. The Labute approximate surface area is 124 Å². The first-order valence-corrected chi connectivity index (χ1v) is 7.18. The number of benzene rings is 1. The Morgan fingerprint density at radius 3 is 2.67 bits per heavy atom. The molecule has 0 bridgehead atoms. The monoisotopic (exact) mass is 284 g/mol. The normalized spacial score (nSPS) is 22.3. The molecule has 1 aromatic heterocycles. The highest BCUT2D eigenvalue weighted by Gasteiger charge is 2.27. The molecule has 2 aromatic rings. The molecular formula is C16H20N4O. The van der Waals surface area contributed by atoms with Gasteiger partial charge >= 0.3 is 0 Å². The Hall–Kier alpha value is -2.14. The number of rotatable bonds is 2. The molecule has 2 heterocycles. The van der Waals surface area contributed by atoms with Gasteiger partial charge in [-0.3, -0.25) is 0 Å². The first-order chi connectivity index (χ1) is 10.1. The van der Waals surface area contributed by atoms with Crippen LogP contribution >= 0.6 is 0 Å². The summed E-state index contributed by atoms with van der Waals surface area (Å²) in [5.74, 6) is 1.19. The molecule has 0 spiro atoms. The second-order valence-corrected chi connectivity index (χ2v) is 5.48. The molecule has 0 aliphatic carbocycles.